The zero-order valence-corrected chi connectivity index (χ0v) is 15.0. The van der Waals surface area contributed by atoms with Crippen LogP contribution in [0.4, 0.5) is 0 Å². The maximum Gasteiger partial charge on any atom is 0.254 e. The number of hydrogen-bond donors (Lipinski definition) is 0. The van der Waals surface area contributed by atoms with Crippen LogP contribution >= 0.6 is 23.2 Å². The van der Waals surface area contributed by atoms with Gasteiger partial charge in [-0.2, -0.15) is 0 Å². The standard InChI is InChI=1S/C19H17Cl2NO3/c20-14-5-3-13(10-15(14)21)19(23)22-7-1-2-16(22)12-4-6-17-18(11-12)25-9-8-24-17/h3-6,10-11,16H,1-2,7-9H2/t16-/m0/s1. The van der Waals surface area contributed by atoms with Crippen LogP contribution < -0.4 is 9.47 Å². The summed E-state index contributed by atoms with van der Waals surface area (Å²) in [6.45, 7) is 1.84. The van der Waals surface area contributed by atoms with E-state index in [4.69, 9.17) is 32.7 Å². The molecule has 4 nitrogen and oxygen atoms in total. The number of ether oxygens (including phenoxy) is 2. The highest BCUT2D eigenvalue weighted by Crippen LogP contribution is 2.39. The fourth-order valence-corrected chi connectivity index (χ4v) is 3.72. The lowest BCUT2D eigenvalue weighted by Gasteiger charge is -2.27. The molecule has 0 aliphatic carbocycles. The van der Waals surface area contributed by atoms with Gasteiger partial charge in [0.2, 0.25) is 0 Å². The SMILES string of the molecule is O=C(c1ccc(Cl)c(Cl)c1)N1CCC[C@H]1c1ccc2c(c1)OCCO2. The van der Waals surface area contributed by atoms with Crippen LogP contribution in [0, 0.1) is 0 Å². The van der Waals surface area contributed by atoms with Gasteiger partial charge in [-0.15, -0.1) is 0 Å². The van der Waals surface area contributed by atoms with Crippen LogP contribution in [0.25, 0.3) is 0 Å². The molecule has 25 heavy (non-hydrogen) atoms. The van der Waals surface area contributed by atoms with Crippen molar-refractivity contribution in [3.8, 4) is 11.5 Å². The minimum Gasteiger partial charge on any atom is -0.486 e. The first kappa shape index (κ1) is 16.6. The van der Waals surface area contributed by atoms with Gasteiger partial charge in [0.05, 0.1) is 16.1 Å². The molecule has 0 aromatic heterocycles. The molecular weight excluding hydrogens is 361 g/mol. The average Bonchev–Trinajstić information content (AvgIpc) is 3.12. The molecule has 130 valence electrons. The van der Waals surface area contributed by atoms with E-state index in [9.17, 15) is 4.79 Å². The number of likely N-dealkylation sites (tertiary alicyclic amines) is 1. The Morgan fingerprint density at radius 2 is 1.80 bits per heavy atom. The van der Waals surface area contributed by atoms with E-state index in [-0.39, 0.29) is 11.9 Å². The van der Waals surface area contributed by atoms with Crippen molar-refractivity contribution in [3.05, 3.63) is 57.6 Å². The second kappa shape index (κ2) is 6.77. The van der Waals surface area contributed by atoms with Gasteiger partial charge in [0, 0.05) is 12.1 Å². The topological polar surface area (TPSA) is 38.8 Å². The van der Waals surface area contributed by atoms with Crippen molar-refractivity contribution in [2.24, 2.45) is 0 Å². The Hall–Kier alpha value is -1.91. The van der Waals surface area contributed by atoms with Gasteiger partial charge >= 0.3 is 0 Å². The van der Waals surface area contributed by atoms with Gasteiger partial charge < -0.3 is 14.4 Å². The van der Waals surface area contributed by atoms with Crippen LogP contribution in [0.15, 0.2) is 36.4 Å². The van der Waals surface area contributed by atoms with Gasteiger partial charge in [-0.05, 0) is 48.7 Å². The maximum atomic E-state index is 13.0. The van der Waals surface area contributed by atoms with E-state index in [1.165, 1.54) is 0 Å². The summed E-state index contributed by atoms with van der Waals surface area (Å²) in [4.78, 5) is 14.8. The highest BCUT2D eigenvalue weighted by molar-refractivity contribution is 6.42. The number of halogens is 2. The minimum atomic E-state index is -0.0315. The molecule has 2 aliphatic heterocycles. The average molecular weight is 378 g/mol. The second-order valence-corrected chi connectivity index (χ2v) is 7.00. The fourth-order valence-electron chi connectivity index (χ4n) is 3.42. The summed E-state index contributed by atoms with van der Waals surface area (Å²) >= 11 is 12.0. The van der Waals surface area contributed by atoms with Crippen molar-refractivity contribution in [1.82, 2.24) is 4.90 Å². The van der Waals surface area contributed by atoms with Crippen molar-refractivity contribution in [1.29, 1.82) is 0 Å². The fraction of sp³-hybridized carbons (Fsp3) is 0.316. The van der Waals surface area contributed by atoms with E-state index in [0.717, 1.165) is 36.4 Å². The largest absolute Gasteiger partial charge is 0.486 e. The Kier molecular flexibility index (Phi) is 4.48. The Morgan fingerprint density at radius 1 is 1.00 bits per heavy atom. The van der Waals surface area contributed by atoms with Crippen molar-refractivity contribution in [2.45, 2.75) is 18.9 Å². The van der Waals surface area contributed by atoms with Gasteiger partial charge in [0.1, 0.15) is 13.2 Å². The number of nitrogens with zero attached hydrogens (tertiary/aromatic N) is 1. The van der Waals surface area contributed by atoms with Crippen LogP contribution in [0.5, 0.6) is 11.5 Å². The smallest absolute Gasteiger partial charge is 0.254 e. The Bertz CT molecular complexity index is 824. The highest BCUT2D eigenvalue weighted by atomic mass is 35.5. The zero-order chi connectivity index (χ0) is 17.4. The molecule has 6 heteroatoms. The number of carbonyl (C=O) groups is 1. The van der Waals surface area contributed by atoms with Crippen molar-refractivity contribution in [2.75, 3.05) is 19.8 Å². The maximum absolute atomic E-state index is 13.0. The number of hydrogen-bond acceptors (Lipinski definition) is 3. The molecular formula is C19H17Cl2NO3. The third-order valence-electron chi connectivity index (χ3n) is 4.63. The predicted octanol–water partition coefficient (Wildman–Crippen LogP) is 4.74. The summed E-state index contributed by atoms with van der Waals surface area (Å²) in [6, 6.07) is 11.0. The van der Waals surface area contributed by atoms with E-state index < -0.39 is 0 Å². The Balaban J connectivity index is 1.61. The third-order valence-corrected chi connectivity index (χ3v) is 5.37. The van der Waals surface area contributed by atoms with E-state index in [0.29, 0.717) is 28.8 Å². The number of benzene rings is 2. The molecule has 1 atom stereocenters. The molecule has 2 aliphatic rings. The third kappa shape index (κ3) is 3.16. The summed E-state index contributed by atoms with van der Waals surface area (Å²) in [5.74, 6) is 1.48. The quantitative estimate of drug-likeness (QED) is 0.758. The molecule has 1 saturated heterocycles. The molecule has 2 aromatic carbocycles. The predicted molar refractivity (Wildman–Crippen MR) is 96.9 cm³/mol. The van der Waals surface area contributed by atoms with Crippen molar-refractivity contribution in [3.63, 3.8) is 0 Å². The van der Waals surface area contributed by atoms with Gasteiger partial charge in [-0.3, -0.25) is 4.79 Å². The molecule has 1 fully saturated rings. The number of rotatable bonds is 2. The van der Waals surface area contributed by atoms with Gasteiger partial charge in [-0.25, -0.2) is 0 Å². The summed E-state index contributed by atoms with van der Waals surface area (Å²) in [6.07, 6.45) is 1.89. The lowest BCUT2D eigenvalue weighted by molar-refractivity contribution is 0.0735. The summed E-state index contributed by atoms with van der Waals surface area (Å²) < 4.78 is 11.2. The van der Waals surface area contributed by atoms with E-state index in [2.05, 4.69) is 0 Å². The molecule has 1 amide bonds. The number of fused-ring (bicyclic) bond motifs is 1. The molecule has 0 radical (unpaired) electrons. The van der Waals surface area contributed by atoms with Crippen LogP contribution in [-0.4, -0.2) is 30.6 Å². The lowest BCUT2D eigenvalue weighted by atomic mass is 10.0. The molecule has 0 unspecified atom stereocenters. The lowest BCUT2D eigenvalue weighted by Crippen LogP contribution is -2.30. The number of carbonyl (C=O) groups excluding carboxylic acids is 1. The van der Waals surface area contributed by atoms with Gasteiger partial charge in [0.25, 0.3) is 5.91 Å². The first-order valence-corrected chi connectivity index (χ1v) is 9.04. The monoisotopic (exact) mass is 377 g/mol. The Morgan fingerprint density at radius 3 is 2.60 bits per heavy atom. The minimum absolute atomic E-state index is 0.0257. The molecule has 2 aromatic rings. The zero-order valence-electron chi connectivity index (χ0n) is 13.5. The van der Waals surface area contributed by atoms with Crippen LogP contribution in [0.2, 0.25) is 10.0 Å². The Labute approximate surface area is 156 Å². The summed E-state index contributed by atoms with van der Waals surface area (Å²) in [7, 11) is 0. The van der Waals surface area contributed by atoms with Crippen molar-refractivity contribution < 1.29 is 14.3 Å². The van der Waals surface area contributed by atoms with Crippen molar-refractivity contribution >= 4 is 29.1 Å². The summed E-state index contributed by atoms with van der Waals surface area (Å²) in [5, 5.41) is 0.839. The van der Waals surface area contributed by atoms with Crippen LogP contribution in [-0.2, 0) is 0 Å². The molecule has 0 N–H and O–H groups in total. The summed E-state index contributed by atoms with van der Waals surface area (Å²) in [5.41, 5.74) is 1.62. The number of amides is 1. The molecule has 0 spiro atoms. The molecule has 0 bridgehead atoms. The van der Waals surface area contributed by atoms with E-state index >= 15 is 0 Å². The van der Waals surface area contributed by atoms with Gasteiger partial charge in [0.15, 0.2) is 11.5 Å². The first-order chi connectivity index (χ1) is 12.1. The molecule has 2 heterocycles. The van der Waals surface area contributed by atoms with Crippen LogP contribution in [0.1, 0.15) is 34.8 Å². The van der Waals surface area contributed by atoms with Crippen LogP contribution in [0.3, 0.4) is 0 Å². The molecule has 4 rings (SSSR count). The van der Waals surface area contributed by atoms with E-state index in [1.54, 1.807) is 18.2 Å². The molecule has 0 saturated carbocycles. The first-order valence-electron chi connectivity index (χ1n) is 8.29. The highest BCUT2D eigenvalue weighted by Gasteiger charge is 2.31. The van der Waals surface area contributed by atoms with E-state index in [1.807, 2.05) is 23.1 Å². The van der Waals surface area contributed by atoms with Gasteiger partial charge in [-0.1, -0.05) is 29.3 Å². The normalized spacial score (nSPS) is 19.1. The second-order valence-electron chi connectivity index (χ2n) is 6.19.